The van der Waals surface area contributed by atoms with Gasteiger partial charge in [-0.05, 0) is 37.2 Å². The molecule has 0 aliphatic carbocycles. The van der Waals surface area contributed by atoms with Crippen molar-refractivity contribution in [3.63, 3.8) is 0 Å². The number of hydrogen-bond donors (Lipinski definition) is 1. The number of nitrogens with zero attached hydrogens (tertiary/aromatic N) is 1. The van der Waals surface area contributed by atoms with Crippen molar-refractivity contribution in [2.45, 2.75) is 31.7 Å². The van der Waals surface area contributed by atoms with Crippen LogP contribution >= 0.6 is 11.6 Å². The predicted octanol–water partition coefficient (Wildman–Crippen LogP) is 2.15. The molecule has 1 radical (unpaired) electrons. The van der Waals surface area contributed by atoms with E-state index in [1.165, 1.54) is 0 Å². The molecule has 0 aromatic heterocycles. The molecule has 22 heavy (non-hydrogen) atoms. The van der Waals surface area contributed by atoms with Gasteiger partial charge >= 0.3 is 0 Å². The highest BCUT2D eigenvalue weighted by molar-refractivity contribution is 6.17. The molecule has 0 spiro atoms. The number of hydrogen-bond acceptors (Lipinski definition) is 2. The fourth-order valence-electron chi connectivity index (χ4n) is 2.92. The van der Waals surface area contributed by atoms with Crippen molar-refractivity contribution >= 4 is 23.4 Å². The van der Waals surface area contributed by atoms with Crippen LogP contribution in [-0.2, 0) is 16.0 Å². The predicted molar refractivity (Wildman–Crippen MR) is 87.2 cm³/mol. The fraction of sp³-hybridized carbons (Fsp3) is 0.471. The number of nitrogens with two attached hydrogens (primary N) is 1. The molecule has 1 aliphatic rings. The smallest absolute Gasteiger partial charge is 0.240 e. The second-order valence-electron chi connectivity index (χ2n) is 5.71. The van der Waals surface area contributed by atoms with Gasteiger partial charge in [0.1, 0.15) is 6.04 Å². The van der Waals surface area contributed by atoms with E-state index in [9.17, 15) is 9.59 Å². The second-order valence-corrected chi connectivity index (χ2v) is 6.09. The molecule has 1 fully saturated rings. The molecule has 1 heterocycles. The van der Waals surface area contributed by atoms with Crippen molar-refractivity contribution < 1.29 is 9.59 Å². The minimum Gasteiger partial charge on any atom is -0.368 e. The molecule has 1 aromatic carbocycles. The zero-order valence-electron chi connectivity index (χ0n) is 12.6. The molecule has 2 N–H and O–H groups in total. The minimum absolute atomic E-state index is 0.114. The summed E-state index contributed by atoms with van der Waals surface area (Å²) in [6.45, 7) is 0.569. The molecule has 1 saturated heterocycles. The Morgan fingerprint density at radius 1 is 1.32 bits per heavy atom. The molecule has 0 bridgehead atoms. The van der Waals surface area contributed by atoms with Crippen LogP contribution in [0.3, 0.4) is 0 Å². The van der Waals surface area contributed by atoms with Gasteiger partial charge < -0.3 is 10.6 Å². The van der Waals surface area contributed by atoms with E-state index < -0.39 is 11.9 Å². The Morgan fingerprint density at radius 2 is 2.05 bits per heavy atom. The average molecular weight is 322 g/mol. The molecule has 5 heteroatoms. The van der Waals surface area contributed by atoms with Crippen LogP contribution in [0.4, 0.5) is 0 Å². The normalized spacial score (nSPS) is 21.6. The third-order valence-electron chi connectivity index (χ3n) is 4.20. The first-order chi connectivity index (χ1) is 10.6. The summed E-state index contributed by atoms with van der Waals surface area (Å²) in [5.74, 6) is 0.399. The van der Waals surface area contributed by atoms with Crippen molar-refractivity contribution in [3.05, 3.63) is 42.3 Å². The van der Waals surface area contributed by atoms with E-state index in [1.54, 1.807) is 11.3 Å². The van der Waals surface area contributed by atoms with Gasteiger partial charge in [0, 0.05) is 12.4 Å². The van der Waals surface area contributed by atoms with E-state index >= 15 is 0 Å². The van der Waals surface area contributed by atoms with Crippen LogP contribution in [0.1, 0.15) is 24.8 Å². The molecule has 0 saturated carbocycles. The molecule has 1 aliphatic heterocycles. The summed E-state index contributed by atoms with van der Waals surface area (Å²) < 4.78 is 0. The maximum Gasteiger partial charge on any atom is 0.240 e. The van der Waals surface area contributed by atoms with E-state index in [-0.39, 0.29) is 5.91 Å². The van der Waals surface area contributed by atoms with Crippen LogP contribution in [0, 0.1) is 12.3 Å². The van der Waals surface area contributed by atoms with Crippen LogP contribution in [-0.4, -0.2) is 35.2 Å². The SMILES string of the molecule is NC(=O)C1CC(CCCl)CCN1C(=O)[CH]Cc1ccccc1. The lowest BCUT2D eigenvalue weighted by molar-refractivity contribution is -0.139. The van der Waals surface area contributed by atoms with E-state index in [0.29, 0.717) is 31.2 Å². The highest BCUT2D eigenvalue weighted by atomic mass is 35.5. The number of carbonyl (C=O) groups is 2. The van der Waals surface area contributed by atoms with Gasteiger partial charge in [-0.15, -0.1) is 11.6 Å². The lowest BCUT2D eigenvalue weighted by Gasteiger charge is -2.37. The van der Waals surface area contributed by atoms with Gasteiger partial charge in [0.05, 0.1) is 6.42 Å². The number of alkyl halides is 1. The zero-order chi connectivity index (χ0) is 15.9. The van der Waals surface area contributed by atoms with E-state index in [1.807, 2.05) is 30.3 Å². The van der Waals surface area contributed by atoms with Crippen LogP contribution in [0.15, 0.2) is 30.3 Å². The molecule has 2 atom stereocenters. The van der Waals surface area contributed by atoms with Crippen LogP contribution in [0.25, 0.3) is 0 Å². The Balaban J connectivity index is 1.94. The van der Waals surface area contributed by atoms with Gasteiger partial charge in [0.2, 0.25) is 11.8 Å². The van der Waals surface area contributed by atoms with Crippen LogP contribution in [0.2, 0.25) is 0 Å². The first-order valence-electron chi connectivity index (χ1n) is 7.65. The summed E-state index contributed by atoms with van der Waals surface area (Å²) in [7, 11) is 0. The zero-order valence-corrected chi connectivity index (χ0v) is 13.3. The number of halogens is 1. The first kappa shape index (κ1) is 16.8. The minimum atomic E-state index is -0.513. The summed E-state index contributed by atoms with van der Waals surface area (Å²) in [4.78, 5) is 25.7. The first-order valence-corrected chi connectivity index (χ1v) is 8.18. The number of benzene rings is 1. The summed E-state index contributed by atoms with van der Waals surface area (Å²) in [5.41, 5.74) is 6.55. The molecule has 119 valence electrons. The van der Waals surface area contributed by atoms with Crippen molar-refractivity contribution in [2.24, 2.45) is 11.7 Å². The highest BCUT2D eigenvalue weighted by Gasteiger charge is 2.34. The molecule has 2 amide bonds. The maximum absolute atomic E-state index is 12.4. The van der Waals surface area contributed by atoms with Gasteiger partial charge in [0.15, 0.2) is 0 Å². The Labute approximate surface area is 136 Å². The summed E-state index contributed by atoms with van der Waals surface area (Å²) >= 11 is 5.78. The number of piperidine rings is 1. The Kier molecular flexibility index (Phi) is 6.25. The number of rotatable bonds is 6. The number of likely N-dealkylation sites (tertiary alicyclic amines) is 1. The molecule has 2 rings (SSSR count). The molecule has 2 unspecified atom stereocenters. The number of amides is 2. The lowest BCUT2D eigenvalue weighted by atomic mass is 9.88. The maximum atomic E-state index is 12.4. The molecular formula is C17H22ClN2O2. The van der Waals surface area contributed by atoms with Crippen molar-refractivity contribution in [2.75, 3.05) is 12.4 Å². The third-order valence-corrected chi connectivity index (χ3v) is 4.41. The molecule has 4 nitrogen and oxygen atoms in total. The summed E-state index contributed by atoms with van der Waals surface area (Å²) in [6.07, 6.45) is 4.55. The number of primary amides is 1. The van der Waals surface area contributed by atoms with E-state index in [2.05, 4.69) is 0 Å². The Morgan fingerprint density at radius 3 is 2.68 bits per heavy atom. The second kappa shape index (κ2) is 8.18. The highest BCUT2D eigenvalue weighted by Crippen LogP contribution is 2.26. The Hall–Kier alpha value is -1.55. The standard InChI is InChI=1S/C17H22ClN2O2/c18-10-8-14-9-11-20(15(12-14)17(19)22)16(21)7-6-13-4-2-1-3-5-13/h1-5,7,14-15H,6,8-12H2,(H2,19,22). The van der Waals surface area contributed by atoms with E-state index in [0.717, 1.165) is 18.4 Å². The van der Waals surface area contributed by atoms with Gasteiger partial charge in [0.25, 0.3) is 0 Å². The topological polar surface area (TPSA) is 63.4 Å². The average Bonchev–Trinajstić information content (AvgIpc) is 2.54. The van der Waals surface area contributed by atoms with Crippen LogP contribution in [0.5, 0.6) is 0 Å². The monoisotopic (exact) mass is 321 g/mol. The fourth-order valence-corrected chi connectivity index (χ4v) is 3.23. The lowest BCUT2D eigenvalue weighted by Crippen LogP contribution is -2.52. The van der Waals surface area contributed by atoms with Gasteiger partial charge in [-0.2, -0.15) is 0 Å². The van der Waals surface area contributed by atoms with Crippen molar-refractivity contribution in [1.82, 2.24) is 4.90 Å². The molecule has 1 aromatic rings. The van der Waals surface area contributed by atoms with Crippen molar-refractivity contribution in [1.29, 1.82) is 0 Å². The van der Waals surface area contributed by atoms with E-state index in [4.69, 9.17) is 17.3 Å². The van der Waals surface area contributed by atoms with Crippen LogP contribution < -0.4 is 5.73 Å². The third kappa shape index (κ3) is 4.47. The summed E-state index contributed by atoms with van der Waals surface area (Å²) in [6, 6.07) is 9.26. The number of carbonyl (C=O) groups excluding carboxylic acids is 2. The van der Waals surface area contributed by atoms with Gasteiger partial charge in [-0.25, -0.2) is 0 Å². The Bertz CT molecular complexity index is 507. The summed E-state index contributed by atoms with van der Waals surface area (Å²) in [5, 5.41) is 0. The van der Waals surface area contributed by atoms with Gasteiger partial charge in [-0.3, -0.25) is 9.59 Å². The van der Waals surface area contributed by atoms with Crippen molar-refractivity contribution in [3.8, 4) is 0 Å². The quantitative estimate of drug-likeness (QED) is 0.816. The van der Waals surface area contributed by atoms with Gasteiger partial charge in [-0.1, -0.05) is 30.3 Å². The largest absolute Gasteiger partial charge is 0.368 e. The molecular weight excluding hydrogens is 300 g/mol.